The molecule has 1 aromatic rings. The Morgan fingerprint density at radius 2 is 2.15 bits per heavy atom. The van der Waals surface area contributed by atoms with Gasteiger partial charge in [-0.3, -0.25) is 14.5 Å². The van der Waals surface area contributed by atoms with E-state index in [-0.39, 0.29) is 17.8 Å². The second-order valence-corrected chi connectivity index (χ2v) is 6.33. The standard InChI is InChI=1S/C13H16N2O3S2/c1-3-15-12(17)10(20-13(15)18)8-9-4-5-11(19-9)14(2)6-7-16/h4-5,8,16H,3,6-7H2,1-2H3/b10-8-. The number of carbonyl (C=O) groups excluding carboxylic acids is 2. The summed E-state index contributed by atoms with van der Waals surface area (Å²) in [6, 6.07) is 3.85. The highest BCUT2D eigenvalue weighted by Gasteiger charge is 2.33. The molecule has 1 aliphatic rings. The Labute approximate surface area is 125 Å². The van der Waals surface area contributed by atoms with Crippen LogP contribution in [0.2, 0.25) is 0 Å². The normalized spacial score (nSPS) is 17.4. The summed E-state index contributed by atoms with van der Waals surface area (Å²) in [7, 11) is 1.90. The van der Waals surface area contributed by atoms with E-state index in [4.69, 9.17) is 5.11 Å². The lowest BCUT2D eigenvalue weighted by Gasteiger charge is -2.14. The van der Waals surface area contributed by atoms with Crippen LogP contribution in [0.15, 0.2) is 17.0 Å². The van der Waals surface area contributed by atoms with Crippen LogP contribution >= 0.6 is 23.1 Å². The molecule has 1 N–H and O–H groups in total. The molecule has 0 saturated carbocycles. The summed E-state index contributed by atoms with van der Waals surface area (Å²) < 4.78 is 0. The van der Waals surface area contributed by atoms with Crippen LogP contribution in [0.25, 0.3) is 6.08 Å². The van der Waals surface area contributed by atoms with Gasteiger partial charge in [0.15, 0.2) is 0 Å². The van der Waals surface area contributed by atoms with Crippen molar-refractivity contribution in [2.24, 2.45) is 0 Å². The number of carbonyl (C=O) groups is 2. The molecule has 0 bridgehead atoms. The number of likely N-dealkylation sites (N-methyl/N-ethyl adjacent to an activating group) is 2. The predicted octanol–water partition coefficient (Wildman–Crippen LogP) is 2.23. The molecule has 1 aromatic heterocycles. The van der Waals surface area contributed by atoms with Gasteiger partial charge < -0.3 is 10.0 Å². The number of rotatable bonds is 5. The van der Waals surface area contributed by atoms with Gasteiger partial charge in [0.2, 0.25) is 0 Å². The van der Waals surface area contributed by atoms with Crippen LogP contribution in [0.3, 0.4) is 0 Å². The van der Waals surface area contributed by atoms with Gasteiger partial charge in [-0.25, -0.2) is 0 Å². The Kier molecular flexibility index (Phi) is 4.85. The molecular formula is C13H16N2O3S2. The van der Waals surface area contributed by atoms with Gasteiger partial charge in [0.25, 0.3) is 11.1 Å². The van der Waals surface area contributed by atoms with Crippen LogP contribution in [-0.4, -0.2) is 47.9 Å². The number of thiophene rings is 1. The van der Waals surface area contributed by atoms with E-state index in [0.29, 0.717) is 18.0 Å². The zero-order valence-electron chi connectivity index (χ0n) is 11.3. The zero-order chi connectivity index (χ0) is 14.7. The first-order valence-corrected chi connectivity index (χ1v) is 7.87. The summed E-state index contributed by atoms with van der Waals surface area (Å²) >= 11 is 2.50. The molecule has 2 heterocycles. The first-order chi connectivity index (χ1) is 9.56. The minimum Gasteiger partial charge on any atom is -0.395 e. The minimum absolute atomic E-state index is 0.0964. The van der Waals surface area contributed by atoms with Crippen molar-refractivity contribution in [1.29, 1.82) is 0 Å². The van der Waals surface area contributed by atoms with Crippen LogP contribution in [-0.2, 0) is 4.79 Å². The molecule has 5 nitrogen and oxygen atoms in total. The van der Waals surface area contributed by atoms with E-state index in [9.17, 15) is 9.59 Å². The van der Waals surface area contributed by atoms with Crippen molar-refractivity contribution in [3.63, 3.8) is 0 Å². The van der Waals surface area contributed by atoms with E-state index in [1.165, 1.54) is 16.2 Å². The maximum atomic E-state index is 12.0. The topological polar surface area (TPSA) is 60.9 Å². The van der Waals surface area contributed by atoms with Crippen LogP contribution in [0, 0.1) is 0 Å². The number of thioether (sulfide) groups is 1. The van der Waals surface area contributed by atoms with Gasteiger partial charge in [-0.15, -0.1) is 11.3 Å². The highest BCUT2D eigenvalue weighted by atomic mass is 32.2. The number of anilines is 1. The summed E-state index contributed by atoms with van der Waals surface area (Å²) in [4.78, 5) is 28.2. The Morgan fingerprint density at radius 1 is 1.40 bits per heavy atom. The summed E-state index contributed by atoms with van der Waals surface area (Å²) in [5, 5.41) is 9.72. The molecule has 20 heavy (non-hydrogen) atoms. The third kappa shape index (κ3) is 3.05. The van der Waals surface area contributed by atoms with Gasteiger partial charge >= 0.3 is 0 Å². The molecule has 2 amide bonds. The molecule has 0 radical (unpaired) electrons. The number of aliphatic hydroxyl groups is 1. The van der Waals surface area contributed by atoms with Crippen molar-refractivity contribution in [1.82, 2.24) is 4.90 Å². The molecule has 0 unspecified atom stereocenters. The molecule has 7 heteroatoms. The summed E-state index contributed by atoms with van der Waals surface area (Å²) in [5.74, 6) is -0.221. The van der Waals surface area contributed by atoms with Crippen LogP contribution in [0.1, 0.15) is 11.8 Å². The van der Waals surface area contributed by atoms with Crippen molar-refractivity contribution in [2.75, 3.05) is 31.6 Å². The zero-order valence-corrected chi connectivity index (χ0v) is 13.0. The fourth-order valence-electron chi connectivity index (χ4n) is 1.79. The van der Waals surface area contributed by atoms with Gasteiger partial charge in [0.05, 0.1) is 16.5 Å². The second-order valence-electron chi connectivity index (χ2n) is 4.25. The lowest BCUT2D eigenvalue weighted by atomic mass is 10.3. The number of hydrogen-bond donors (Lipinski definition) is 1. The van der Waals surface area contributed by atoms with Gasteiger partial charge in [-0.1, -0.05) is 0 Å². The number of amides is 2. The Hall–Kier alpha value is -1.31. The highest BCUT2D eigenvalue weighted by molar-refractivity contribution is 8.18. The van der Waals surface area contributed by atoms with Gasteiger partial charge in [0.1, 0.15) is 0 Å². The second kappa shape index (κ2) is 6.43. The summed E-state index contributed by atoms with van der Waals surface area (Å²) in [6.45, 7) is 2.84. The maximum absolute atomic E-state index is 12.0. The predicted molar refractivity (Wildman–Crippen MR) is 83.0 cm³/mol. The Morgan fingerprint density at radius 3 is 2.75 bits per heavy atom. The SMILES string of the molecule is CCN1C(=O)S/C(=C\c2ccc(N(C)CCO)s2)C1=O. The summed E-state index contributed by atoms with van der Waals surface area (Å²) in [6.07, 6.45) is 1.75. The Bertz CT molecular complexity index is 554. The number of imide groups is 1. The van der Waals surface area contributed by atoms with E-state index in [1.54, 1.807) is 13.0 Å². The number of aliphatic hydroxyl groups excluding tert-OH is 1. The largest absolute Gasteiger partial charge is 0.395 e. The summed E-state index contributed by atoms with van der Waals surface area (Å²) in [5.41, 5.74) is 0. The van der Waals surface area contributed by atoms with Gasteiger partial charge in [0, 0.05) is 25.0 Å². The molecule has 0 aliphatic carbocycles. The number of hydrogen-bond acceptors (Lipinski definition) is 6. The van der Waals surface area contributed by atoms with Crippen LogP contribution in [0.4, 0.5) is 9.80 Å². The molecular weight excluding hydrogens is 296 g/mol. The van der Waals surface area contributed by atoms with Crippen molar-refractivity contribution in [3.8, 4) is 0 Å². The fourth-order valence-corrected chi connectivity index (χ4v) is 3.69. The van der Waals surface area contributed by atoms with E-state index in [1.807, 2.05) is 24.1 Å². The molecule has 0 aromatic carbocycles. The first kappa shape index (κ1) is 15.1. The molecule has 2 rings (SSSR count). The molecule has 1 saturated heterocycles. The quantitative estimate of drug-likeness (QED) is 0.845. The smallest absolute Gasteiger partial charge is 0.293 e. The van der Waals surface area contributed by atoms with Crippen molar-refractivity contribution in [2.45, 2.75) is 6.92 Å². The van der Waals surface area contributed by atoms with Crippen molar-refractivity contribution >= 4 is 45.3 Å². The fraction of sp³-hybridized carbons (Fsp3) is 0.385. The van der Waals surface area contributed by atoms with Crippen molar-refractivity contribution < 1.29 is 14.7 Å². The van der Waals surface area contributed by atoms with Crippen molar-refractivity contribution in [3.05, 3.63) is 21.9 Å². The molecule has 108 valence electrons. The molecule has 0 spiro atoms. The van der Waals surface area contributed by atoms with E-state index >= 15 is 0 Å². The third-order valence-electron chi connectivity index (χ3n) is 2.89. The van der Waals surface area contributed by atoms with E-state index in [0.717, 1.165) is 21.6 Å². The highest BCUT2D eigenvalue weighted by Crippen LogP contribution is 2.34. The maximum Gasteiger partial charge on any atom is 0.293 e. The van der Waals surface area contributed by atoms with E-state index < -0.39 is 0 Å². The average Bonchev–Trinajstić information content (AvgIpc) is 2.97. The molecule has 0 atom stereocenters. The van der Waals surface area contributed by atoms with E-state index in [2.05, 4.69) is 0 Å². The van der Waals surface area contributed by atoms with Gasteiger partial charge in [-0.2, -0.15) is 0 Å². The lowest BCUT2D eigenvalue weighted by molar-refractivity contribution is -0.122. The number of nitrogens with zero attached hydrogens (tertiary/aromatic N) is 2. The van der Waals surface area contributed by atoms with Crippen LogP contribution < -0.4 is 4.90 Å². The molecule has 1 fully saturated rings. The average molecular weight is 312 g/mol. The monoisotopic (exact) mass is 312 g/mol. The lowest BCUT2D eigenvalue weighted by Crippen LogP contribution is -2.27. The molecule has 1 aliphatic heterocycles. The first-order valence-electron chi connectivity index (χ1n) is 6.24. The third-order valence-corrected chi connectivity index (χ3v) is 4.94. The minimum atomic E-state index is -0.221. The Balaban J connectivity index is 2.16. The van der Waals surface area contributed by atoms with Crippen LogP contribution in [0.5, 0.6) is 0 Å². The van der Waals surface area contributed by atoms with Gasteiger partial charge in [-0.05, 0) is 36.9 Å².